The molecule has 0 saturated heterocycles. The van der Waals surface area contributed by atoms with Gasteiger partial charge in [0, 0.05) is 6.54 Å². The second kappa shape index (κ2) is 13.3. The summed E-state index contributed by atoms with van der Waals surface area (Å²) in [6, 6.07) is 15.5. The van der Waals surface area contributed by atoms with Gasteiger partial charge in [-0.15, -0.1) is 0 Å². The summed E-state index contributed by atoms with van der Waals surface area (Å²) in [4.78, 5) is 36.1. The first-order valence-electron chi connectivity index (χ1n) is 10.5. The van der Waals surface area contributed by atoms with Gasteiger partial charge < -0.3 is 25.2 Å². The smallest absolute Gasteiger partial charge is 0.407 e. The van der Waals surface area contributed by atoms with Crippen LogP contribution in [0.5, 0.6) is 0 Å². The molecule has 3 N–H and O–H groups in total. The molecule has 34 heavy (non-hydrogen) atoms. The van der Waals surface area contributed by atoms with Crippen LogP contribution in [-0.4, -0.2) is 63.0 Å². The van der Waals surface area contributed by atoms with Crippen molar-refractivity contribution in [3.63, 3.8) is 0 Å². The first-order valence-corrected chi connectivity index (χ1v) is 12.1. The molecule has 0 fully saturated rings. The second-order valence-electron chi connectivity index (χ2n) is 7.36. The lowest BCUT2D eigenvalue weighted by molar-refractivity contribution is -0.145. The predicted octanol–water partition coefficient (Wildman–Crippen LogP) is 1.19. The molecule has 2 aromatic carbocycles. The van der Waals surface area contributed by atoms with E-state index in [4.69, 9.17) is 4.74 Å². The van der Waals surface area contributed by atoms with Crippen LogP contribution < -0.4 is 10.6 Å². The average molecular weight is 493 g/mol. The molecule has 0 aliphatic carbocycles. The molecule has 0 unspecified atom stereocenters. The van der Waals surface area contributed by atoms with Crippen LogP contribution in [0.1, 0.15) is 18.4 Å². The minimum absolute atomic E-state index is 0.0515. The number of alkyl carbamates (subject to hydrolysis) is 1. The summed E-state index contributed by atoms with van der Waals surface area (Å²) in [5, 5.41) is 14.7. The van der Waals surface area contributed by atoms with Crippen molar-refractivity contribution in [1.29, 1.82) is 0 Å². The van der Waals surface area contributed by atoms with E-state index in [1.54, 1.807) is 42.5 Å². The third-order valence-electron chi connectivity index (χ3n) is 4.71. The maximum absolute atomic E-state index is 12.4. The molecular weight excluding hydrogens is 464 g/mol. The first-order chi connectivity index (χ1) is 16.2. The lowest BCUT2D eigenvalue weighted by atomic mass is 10.2. The summed E-state index contributed by atoms with van der Waals surface area (Å²) in [6.45, 7) is -0.206. The molecule has 0 aliphatic heterocycles. The molecule has 0 saturated carbocycles. The molecule has 10 nitrogen and oxygen atoms in total. The van der Waals surface area contributed by atoms with Crippen LogP contribution in [0.2, 0.25) is 0 Å². The third kappa shape index (κ3) is 9.20. The number of ether oxygens (including phenoxy) is 2. The number of amides is 2. The van der Waals surface area contributed by atoms with E-state index in [0.29, 0.717) is 0 Å². The first kappa shape index (κ1) is 26.8. The summed E-state index contributed by atoms with van der Waals surface area (Å²) in [7, 11) is -2.55. The Balaban J connectivity index is 1.79. The van der Waals surface area contributed by atoms with Gasteiger partial charge in [-0.2, -0.15) is 0 Å². The van der Waals surface area contributed by atoms with E-state index in [2.05, 4.69) is 15.4 Å². The zero-order valence-corrected chi connectivity index (χ0v) is 19.5. The van der Waals surface area contributed by atoms with Gasteiger partial charge >= 0.3 is 12.1 Å². The molecular formula is C23H28N2O8S. The van der Waals surface area contributed by atoms with Crippen molar-refractivity contribution in [3.8, 4) is 0 Å². The number of rotatable bonds is 12. The van der Waals surface area contributed by atoms with Gasteiger partial charge in [-0.3, -0.25) is 4.79 Å². The minimum atomic E-state index is -3.67. The highest BCUT2D eigenvalue weighted by Crippen LogP contribution is 2.12. The lowest BCUT2D eigenvalue weighted by Gasteiger charge is -2.18. The fourth-order valence-corrected chi connectivity index (χ4v) is 4.28. The van der Waals surface area contributed by atoms with Crippen LogP contribution in [0.15, 0.2) is 65.6 Å². The number of methoxy groups -OCH3 is 1. The molecule has 0 aliphatic rings. The van der Waals surface area contributed by atoms with Gasteiger partial charge in [0.15, 0.2) is 9.84 Å². The normalized spacial score (nSPS) is 12.8. The molecule has 0 aromatic heterocycles. The van der Waals surface area contributed by atoms with Gasteiger partial charge in [-0.25, -0.2) is 18.0 Å². The Bertz CT molecular complexity index is 1050. The lowest BCUT2D eigenvalue weighted by Crippen LogP contribution is -2.44. The monoisotopic (exact) mass is 492 g/mol. The molecule has 2 rings (SSSR count). The number of hydrogen-bond donors (Lipinski definition) is 3. The van der Waals surface area contributed by atoms with E-state index in [0.717, 1.165) is 12.7 Å². The molecule has 0 spiro atoms. The molecule has 0 bridgehead atoms. The summed E-state index contributed by atoms with van der Waals surface area (Å²) >= 11 is 0. The number of esters is 1. The number of nitrogens with one attached hydrogen (secondary N) is 2. The predicted molar refractivity (Wildman–Crippen MR) is 122 cm³/mol. The summed E-state index contributed by atoms with van der Waals surface area (Å²) in [5.74, 6) is -1.91. The van der Waals surface area contributed by atoms with Gasteiger partial charge in [0.1, 0.15) is 12.6 Å². The Hall–Kier alpha value is -3.44. The fourth-order valence-electron chi connectivity index (χ4n) is 2.92. The van der Waals surface area contributed by atoms with E-state index in [9.17, 15) is 27.9 Å². The van der Waals surface area contributed by atoms with Crippen molar-refractivity contribution in [3.05, 3.63) is 66.2 Å². The van der Waals surface area contributed by atoms with Crippen molar-refractivity contribution in [2.75, 3.05) is 19.4 Å². The minimum Gasteiger partial charge on any atom is -0.467 e. The highest BCUT2D eigenvalue weighted by molar-refractivity contribution is 7.91. The Kier molecular flexibility index (Phi) is 10.5. The zero-order chi connectivity index (χ0) is 25.0. The SMILES string of the molecule is COC(=O)[C@@H](CCS(=O)(=O)c1ccccc1)NC(=O)C[C@H](O)CNC(=O)OCc1ccccc1. The summed E-state index contributed by atoms with van der Waals surface area (Å²) in [6.07, 6.45) is -2.66. The number of carbonyl (C=O) groups excluding carboxylic acids is 3. The standard InChI is InChI=1S/C23H28N2O8S/c1-32-22(28)20(12-13-34(30,31)19-10-6-3-7-11-19)25-21(27)14-18(26)15-24-23(29)33-16-17-8-4-2-5-9-17/h2-11,18,20,26H,12-16H2,1H3,(H,24,29)(H,25,27)/t18-,20+/m0/s1. The highest BCUT2D eigenvalue weighted by atomic mass is 32.2. The molecule has 11 heteroatoms. The average Bonchev–Trinajstić information content (AvgIpc) is 2.84. The van der Waals surface area contributed by atoms with Gasteiger partial charge in [0.05, 0.1) is 30.3 Å². The number of aliphatic hydroxyl groups is 1. The Morgan fingerprint density at radius 2 is 1.62 bits per heavy atom. The van der Waals surface area contributed by atoms with Crippen LogP contribution in [0.4, 0.5) is 4.79 Å². The molecule has 2 atom stereocenters. The van der Waals surface area contributed by atoms with Crippen molar-refractivity contribution in [1.82, 2.24) is 10.6 Å². The van der Waals surface area contributed by atoms with Crippen LogP contribution in [0.3, 0.4) is 0 Å². The number of aliphatic hydroxyl groups excluding tert-OH is 1. The van der Waals surface area contributed by atoms with Gasteiger partial charge in [-0.1, -0.05) is 48.5 Å². The molecule has 2 amide bonds. The number of benzene rings is 2. The fraction of sp³-hybridized carbons (Fsp3) is 0.348. The summed E-state index contributed by atoms with van der Waals surface area (Å²) in [5.41, 5.74) is 0.792. The third-order valence-corrected chi connectivity index (χ3v) is 6.48. The van der Waals surface area contributed by atoms with Crippen molar-refractivity contribution >= 4 is 27.8 Å². The van der Waals surface area contributed by atoms with Crippen LogP contribution in [0, 0.1) is 0 Å². The molecule has 2 aromatic rings. The maximum atomic E-state index is 12.4. The number of carbonyl (C=O) groups is 3. The van der Waals surface area contributed by atoms with Crippen molar-refractivity contribution < 1.29 is 37.4 Å². The second-order valence-corrected chi connectivity index (χ2v) is 9.47. The number of hydrogen-bond acceptors (Lipinski definition) is 8. The molecule has 0 heterocycles. The van der Waals surface area contributed by atoms with Crippen molar-refractivity contribution in [2.45, 2.75) is 36.5 Å². The van der Waals surface area contributed by atoms with Crippen LogP contribution in [-0.2, 0) is 35.5 Å². The topological polar surface area (TPSA) is 148 Å². The van der Waals surface area contributed by atoms with E-state index in [-0.39, 0.29) is 24.5 Å². The van der Waals surface area contributed by atoms with Gasteiger partial charge in [-0.05, 0) is 24.1 Å². The van der Waals surface area contributed by atoms with Gasteiger partial charge in [0.2, 0.25) is 5.91 Å². The quantitative estimate of drug-likeness (QED) is 0.374. The van der Waals surface area contributed by atoms with E-state index in [1.807, 2.05) is 6.07 Å². The van der Waals surface area contributed by atoms with Crippen LogP contribution >= 0.6 is 0 Å². The number of sulfone groups is 1. The van der Waals surface area contributed by atoms with Gasteiger partial charge in [0.25, 0.3) is 0 Å². The molecule has 184 valence electrons. The van der Waals surface area contributed by atoms with Crippen LogP contribution in [0.25, 0.3) is 0 Å². The Morgan fingerprint density at radius 3 is 2.24 bits per heavy atom. The summed E-state index contributed by atoms with van der Waals surface area (Å²) < 4.78 is 34.6. The largest absolute Gasteiger partial charge is 0.467 e. The zero-order valence-electron chi connectivity index (χ0n) is 18.7. The Labute approximate surface area is 198 Å². The van der Waals surface area contributed by atoms with E-state index >= 15 is 0 Å². The Morgan fingerprint density at radius 1 is 1.00 bits per heavy atom. The van der Waals surface area contributed by atoms with E-state index < -0.39 is 52.1 Å². The van der Waals surface area contributed by atoms with Crippen molar-refractivity contribution in [2.24, 2.45) is 0 Å². The van der Waals surface area contributed by atoms with E-state index in [1.165, 1.54) is 12.1 Å². The maximum Gasteiger partial charge on any atom is 0.407 e. The molecule has 0 radical (unpaired) electrons. The highest BCUT2D eigenvalue weighted by Gasteiger charge is 2.26.